The largest absolute Gasteiger partial charge is 0.478 e. The van der Waals surface area contributed by atoms with Crippen LogP contribution >= 0.6 is 0 Å². The molecule has 45 heavy (non-hydrogen) atoms. The molecule has 0 saturated heterocycles. The van der Waals surface area contributed by atoms with Crippen molar-refractivity contribution in [2.75, 3.05) is 18.6 Å². The first kappa shape index (κ1) is 31.1. The van der Waals surface area contributed by atoms with Gasteiger partial charge in [-0.2, -0.15) is 5.10 Å². The zero-order valence-electron chi connectivity index (χ0n) is 25.8. The van der Waals surface area contributed by atoms with E-state index in [0.29, 0.717) is 34.9 Å². The number of pyridine rings is 1. The molecule has 230 valence electrons. The quantitative estimate of drug-likeness (QED) is 0.153. The fourth-order valence-electron chi connectivity index (χ4n) is 5.08. The molecule has 0 spiro atoms. The van der Waals surface area contributed by atoms with Crippen LogP contribution in [0.5, 0.6) is 5.88 Å². The summed E-state index contributed by atoms with van der Waals surface area (Å²) >= 11 is 0. The molecule has 3 heterocycles. The average Bonchev–Trinajstić information content (AvgIpc) is 3.35. The highest BCUT2D eigenvalue weighted by molar-refractivity contribution is 6.21. The van der Waals surface area contributed by atoms with Gasteiger partial charge in [0.05, 0.1) is 31.0 Å². The van der Waals surface area contributed by atoms with Crippen molar-refractivity contribution in [1.29, 1.82) is 0 Å². The summed E-state index contributed by atoms with van der Waals surface area (Å²) in [5.41, 5.74) is 3.02. The molecule has 2 aromatic carbocycles. The zero-order chi connectivity index (χ0) is 32.1. The van der Waals surface area contributed by atoms with Crippen LogP contribution in [0.3, 0.4) is 0 Å². The third kappa shape index (κ3) is 6.45. The Morgan fingerprint density at radius 1 is 0.911 bits per heavy atom. The summed E-state index contributed by atoms with van der Waals surface area (Å²) < 4.78 is 16.9. The molecule has 1 aliphatic rings. The van der Waals surface area contributed by atoms with Crippen molar-refractivity contribution in [2.24, 2.45) is 0 Å². The summed E-state index contributed by atoms with van der Waals surface area (Å²) in [7, 11) is 1.23. The lowest BCUT2D eigenvalue weighted by Crippen LogP contribution is -2.32. The lowest BCUT2D eigenvalue weighted by Gasteiger charge is -2.25. The summed E-state index contributed by atoms with van der Waals surface area (Å²) in [6, 6.07) is 21.6. The maximum Gasteiger partial charge on any atom is 0.351 e. The molecular formula is C35H34N4O6. The number of carbonyl (C=O) groups is 3. The van der Waals surface area contributed by atoms with Gasteiger partial charge in [0.1, 0.15) is 0 Å². The third-order valence-electron chi connectivity index (χ3n) is 7.42. The van der Waals surface area contributed by atoms with Gasteiger partial charge in [-0.25, -0.2) is 9.78 Å². The summed E-state index contributed by atoms with van der Waals surface area (Å²) in [5.74, 6) is -1.32. The SMILES string of the molecule is CCOc1ccc([C@@H]2C(C(=O)c3ccc(C(C)C)cc3)=C(O[C@@H](C(=O)OC)c3ccccc3)C(=O)N2c2ccc(C)nn2)cn1. The summed E-state index contributed by atoms with van der Waals surface area (Å²) in [6.45, 7) is 8.17. The first-order valence-electron chi connectivity index (χ1n) is 14.6. The minimum absolute atomic E-state index is 0.0236. The number of rotatable bonds is 11. The minimum atomic E-state index is -1.33. The lowest BCUT2D eigenvalue weighted by atomic mass is 9.92. The Bertz CT molecular complexity index is 1700. The van der Waals surface area contributed by atoms with Gasteiger partial charge in [-0.15, -0.1) is 5.10 Å². The molecule has 0 saturated carbocycles. The highest BCUT2D eigenvalue weighted by Crippen LogP contribution is 2.44. The molecule has 0 unspecified atom stereocenters. The number of aryl methyl sites for hydroxylation is 1. The number of carbonyl (C=O) groups excluding carboxylic acids is 3. The third-order valence-corrected chi connectivity index (χ3v) is 7.42. The number of esters is 1. The number of hydrogen-bond donors (Lipinski definition) is 0. The second-order valence-electron chi connectivity index (χ2n) is 10.8. The Hall–Kier alpha value is -5.38. The van der Waals surface area contributed by atoms with E-state index in [9.17, 15) is 14.4 Å². The Morgan fingerprint density at radius 3 is 2.22 bits per heavy atom. The van der Waals surface area contributed by atoms with E-state index < -0.39 is 29.8 Å². The zero-order valence-corrected chi connectivity index (χ0v) is 25.8. The molecule has 0 radical (unpaired) electrons. The molecule has 5 rings (SSSR count). The van der Waals surface area contributed by atoms with Gasteiger partial charge in [0.15, 0.2) is 17.4 Å². The summed E-state index contributed by atoms with van der Waals surface area (Å²) in [6.07, 6.45) is 0.217. The maximum absolute atomic E-state index is 14.5. The van der Waals surface area contributed by atoms with Gasteiger partial charge in [-0.05, 0) is 49.1 Å². The maximum atomic E-state index is 14.5. The van der Waals surface area contributed by atoms with Crippen LogP contribution in [0.2, 0.25) is 0 Å². The van der Waals surface area contributed by atoms with Gasteiger partial charge >= 0.3 is 5.97 Å². The fourth-order valence-corrected chi connectivity index (χ4v) is 5.08. The van der Waals surface area contributed by atoms with Crippen molar-refractivity contribution in [1.82, 2.24) is 15.2 Å². The van der Waals surface area contributed by atoms with Crippen molar-refractivity contribution in [3.8, 4) is 5.88 Å². The van der Waals surface area contributed by atoms with Crippen molar-refractivity contribution in [3.05, 3.63) is 124 Å². The Labute approximate surface area is 261 Å². The normalized spacial score (nSPS) is 15.3. The van der Waals surface area contributed by atoms with Crippen LogP contribution in [0.4, 0.5) is 5.82 Å². The Morgan fingerprint density at radius 2 is 1.64 bits per heavy atom. The monoisotopic (exact) mass is 606 g/mol. The average molecular weight is 607 g/mol. The van der Waals surface area contributed by atoms with Crippen LogP contribution in [0, 0.1) is 6.92 Å². The molecule has 1 amide bonds. The predicted octanol–water partition coefficient (Wildman–Crippen LogP) is 5.86. The number of methoxy groups -OCH3 is 1. The van der Waals surface area contributed by atoms with E-state index in [4.69, 9.17) is 14.2 Å². The summed E-state index contributed by atoms with van der Waals surface area (Å²) in [4.78, 5) is 47.8. The van der Waals surface area contributed by atoms with Gasteiger partial charge in [0.2, 0.25) is 12.0 Å². The predicted molar refractivity (Wildman–Crippen MR) is 167 cm³/mol. The number of hydrogen-bond acceptors (Lipinski definition) is 9. The molecule has 2 aromatic heterocycles. The Balaban J connectivity index is 1.73. The fraction of sp³-hybridized carbons (Fsp3) is 0.257. The molecule has 0 bridgehead atoms. The molecule has 2 atom stereocenters. The number of anilines is 1. The summed E-state index contributed by atoms with van der Waals surface area (Å²) in [5, 5.41) is 8.43. The van der Waals surface area contributed by atoms with Crippen LogP contribution in [0.15, 0.2) is 96.4 Å². The molecule has 0 fully saturated rings. The molecule has 1 aliphatic heterocycles. The first-order chi connectivity index (χ1) is 21.7. The Kier molecular flexibility index (Phi) is 9.32. The number of Topliss-reactive ketones (excluding diaryl/α,β-unsaturated/α-hetero) is 1. The minimum Gasteiger partial charge on any atom is -0.478 e. The molecule has 10 heteroatoms. The van der Waals surface area contributed by atoms with E-state index >= 15 is 0 Å². The molecule has 10 nitrogen and oxygen atoms in total. The molecule has 4 aromatic rings. The number of nitrogens with zero attached hydrogens (tertiary/aromatic N) is 4. The van der Waals surface area contributed by atoms with Gasteiger partial charge in [-0.1, -0.05) is 68.4 Å². The van der Waals surface area contributed by atoms with E-state index in [1.54, 1.807) is 79.9 Å². The lowest BCUT2D eigenvalue weighted by molar-refractivity contribution is -0.152. The van der Waals surface area contributed by atoms with Gasteiger partial charge in [0.25, 0.3) is 5.91 Å². The highest BCUT2D eigenvalue weighted by Gasteiger charge is 2.48. The number of benzene rings is 2. The number of ether oxygens (including phenoxy) is 3. The van der Waals surface area contributed by atoms with Crippen LogP contribution in [0.25, 0.3) is 0 Å². The van der Waals surface area contributed by atoms with Crippen molar-refractivity contribution < 1.29 is 28.6 Å². The molecular weight excluding hydrogens is 572 g/mol. The smallest absolute Gasteiger partial charge is 0.351 e. The van der Waals surface area contributed by atoms with E-state index in [2.05, 4.69) is 29.0 Å². The van der Waals surface area contributed by atoms with Crippen molar-refractivity contribution in [3.63, 3.8) is 0 Å². The van der Waals surface area contributed by atoms with Gasteiger partial charge < -0.3 is 14.2 Å². The number of ketones is 1. The molecule has 0 aliphatic carbocycles. The van der Waals surface area contributed by atoms with Crippen LogP contribution in [-0.2, 0) is 19.1 Å². The van der Waals surface area contributed by atoms with E-state index in [-0.39, 0.29) is 23.1 Å². The van der Waals surface area contributed by atoms with E-state index in [0.717, 1.165) is 5.56 Å². The van der Waals surface area contributed by atoms with Crippen LogP contribution in [-0.4, -0.2) is 46.6 Å². The topological polar surface area (TPSA) is 121 Å². The van der Waals surface area contributed by atoms with Crippen LogP contribution < -0.4 is 9.64 Å². The van der Waals surface area contributed by atoms with Crippen LogP contribution in [0.1, 0.15) is 71.6 Å². The van der Waals surface area contributed by atoms with Gasteiger partial charge in [0, 0.05) is 23.4 Å². The highest BCUT2D eigenvalue weighted by atomic mass is 16.6. The second kappa shape index (κ2) is 13.5. The van der Waals surface area contributed by atoms with Gasteiger partial charge in [-0.3, -0.25) is 14.5 Å². The van der Waals surface area contributed by atoms with E-state index in [1.165, 1.54) is 12.0 Å². The standard InChI is InChI=1S/C35H34N4O6/c1-6-44-28-19-17-26(20-36-28)30-29(31(40)24-15-13-23(14-16-24)21(2)3)33(34(41)39(30)27-18-12-22(4)37-38-27)45-32(35(42)43-5)25-10-8-7-9-11-25/h7-21,30,32H,6H2,1-5H3/t30-,32-/m1/s1. The van der Waals surface area contributed by atoms with Crippen molar-refractivity contribution >= 4 is 23.5 Å². The number of amides is 1. The molecule has 0 N–H and O–H groups in total. The van der Waals surface area contributed by atoms with Crippen molar-refractivity contribution in [2.45, 2.75) is 45.8 Å². The number of aromatic nitrogens is 3. The second-order valence-corrected chi connectivity index (χ2v) is 10.8. The van der Waals surface area contributed by atoms with E-state index in [1.807, 2.05) is 19.1 Å². The first-order valence-corrected chi connectivity index (χ1v) is 14.6.